The Morgan fingerprint density at radius 2 is 1.97 bits per heavy atom. The number of rotatable bonds is 10. The third kappa shape index (κ3) is 5.47. The zero-order valence-corrected chi connectivity index (χ0v) is 18.0. The Balaban J connectivity index is 1.59. The number of carbonyl (C=O) groups is 1. The van der Waals surface area contributed by atoms with Crippen LogP contribution in [0.1, 0.15) is 61.1 Å². The van der Waals surface area contributed by atoms with Gasteiger partial charge in [-0.25, -0.2) is 9.67 Å². The molecule has 2 heterocycles. The van der Waals surface area contributed by atoms with Crippen molar-refractivity contribution in [2.24, 2.45) is 0 Å². The Hall–Kier alpha value is -3.15. The van der Waals surface area contributed by atoms with Gasteiger partial charge in [-0.1, -0.05) is 45.4 Å². The second kappa shape index (κ2) is 10.6. The summed E-state index contributed by atoms with van der Waals surface area (Å²) in [6.07, 6.45) is 6.29. The fourth-order valence-electron chi connectivity index (χ4n) is 3.25. The van der Waals surface area contributed by atoms with Crippen LogP contribution in [-0.4, -0.2) is 33.8 Å². The van der Waals surface area contributed by atoms with Gasteiger partial charge in [0.15, 0.2) is 5.82 Å². The second-order valence-corrected chi connectivity index (χ2v) is 7.55. The van der Waals surface area contributed by atoms with Crippen molar-refractivity contribution in [3.63, 3.8) is 0 Å². The number of unbranched alkanes of at least 4 members (excludes halogenated alkanes) is 1. The number of hydrogen-bond acceptors (Lipinski definition) is 4. The van der Waals surface area contributed by atoms with Gasteiger partial charge < -0.3 is 10.1 Å². The van der Waals surface area contributed by atoms with Crippen LogP contribution in [0.4, 0.5) is 0 Å². The van der Waals surface area contributed by atoms with Crippen LogP contribution in [0.15, 0.2) is 54.9 Å². The van der Waals surface area contributed by atoms with E-state index >= 15 is 0 Å². The van der Waals surface area contributed by atoms with Crippen LogP contribution in [0, 0.1) is 0 Å². The highest BCUT2D eigenvalue weighted by Gasteiger charge is 2.21. The minimum atomic E-state index is -0.111. The van der Waals surface area contributed by atoms with E-state index in [0.29, 0.717) is 17.9 Å². The Kier molecular flexibility index (Phi) is 7.60. The zero-order chi connectivity index (χ0) is 21.3. The summed E-state index contributed by atoms with van der Waals surface area (Å²) in [6.45, 7) is 7.56. The molecule has 0 saturated carbocycles. The van der Waals surface area contributed by atoms with E-state index in [0.717, 1.165) is 42.9 Å². The summed E-state index contributed by atoms with van der Waals surface area (Å²) in [7, 11) is 0. The molecule has 0 aliphatic carbocycles. The molecule has 1 amide bonds. The lowest BCUT2D eigenvalue weighted by Crippen LogP contribution is -2.26. The highest BCUT2D eigenvalue weighted by molar-refractivity contribution is 5.95. The first-order valence-electron chi connectivity index (χ1n) is 10.6. The molecule has 3 rings (SSSR count). The fourth-order valence-corrected chi connectivity index (χ4v) is 3.25. The standard InChI is InChI=1S/C24H30N4O2/c1-4-5-16-30-20-11-9-19(10-12-20)13-15-26-24(29)21-17-27-28(23(21)18(2)3)22-8-6-7-14-25-22/h6-12,14,17-18H,4-5,13,15-16H2,1-3H3,(H,26,29). The summed E-state index contributed by atoms with van der Waals surface area (Å²) in [5.74, 6) is 1.62. The molecule has 6 nitrogen and oxygen atoms in total. The molecule has 1 N–H and O–H groups in total. The molecule has 6 heteroatoms. The van der Waals surface area contributed by atoms with E-state index in [1.165, 1.54) is 0 Å². The summed E-state index contributed by atoms with van der Waals surface area (Å²) >= 11 is 0. The van der Waals surface area contributed by atoms with E-state index in [1.54, 1.807) is 17.1 Å². The van der Waals surface area contributed by atoms with Gasteiger partial charge in [-0.15, -0.1) is 0 Å². The van der Waals surface area contributed by atoms with E-state index in [2.05, 4.69) is 36.2 Å². The number of ether oxygens (including phenoxy) is 1. The molecule has 1 aromatic carbocycles. The third-order valence-corrected chi connectivity index (χ3v) is 4.85. The maximum absolute atomic E-state index is 12.8. The Labute approximate surface area is 178 Å². The Morgan fingerprint density at radius 3 is 2.63 bits per heavy atom. The quantitative estimate of drug-likeness (QED) is 0.502. The van der Waals surface area contributed by atoms with Crippen molar-refractivity contribution in [1.82, 2.24) is 20.1 Å². The zero-order valence-electron chi connectivity index (χ0n) is 18.0. The smallest absolute Gasteiger partial charge is 0.254 e. The highest BCUT2D eigenvalue weighted by atomic mass is 16.5. The van der Waals surface area contributed by atoms with E-state index in [1.807, 2.05) is 42.5 Å². The van der Waals surface area contributed by atoms with Gasteiger partial charge in [0.2, 0.25) is 0 Å². The summed E-state index contributed by atoms with van der Waals surface area (Å²) in [5, 5.41) is 7.43. The second-order valence-electron chi connectivity index (χ2n) is 7.55. The normalized spacial score (nSPS) is 10.9. The van der Waals surface area contributed by atoms with Crippen LogP contribution in [0.2, 0.25) is 0 Å². The van der Waals surface area contributed by atoms with Crippen LogP contribution >= 0.6 is 0 Å². The number of hydrogen-bond donors (Lipinski definition) is 1. The fraction of sp³-hybridized carbons (Fsp3) is 0.375. The molecule has 0 atom stereocenters. The average molecular weight is 407 g/mol. The predicted molar refractivity (Wildman–Crippen MR) is 118 cm³/mol. The van der Waals surface area contributed by atoms with Crippen molar-refractivity contribution in [2.75, 3.05) is 13.2 Å². The number of carbonyl (C=O) groups excluding carboxylic acids is 1. The first-order chi connectivity index (χ1) is 14.6. The number of amides is 1. The molecular weight excluding hydrogens is 376 g/mol. The van der Waals surface area contributed by atoms with Crippen molar-refractivity contribution in [3.8, 4) is 11.6 Å². The largest absolute Gasteiger partial charge is 0.494 e. The van der Waals surface area contributed by atoms with Crippen molar-refractivity contribution >= 4 is 5.91 Å². The van der Waals surface area contributed by atoms with Gasteiger partial charge in [-0.05, 0) is 48.6 Å². The monoisotopic (exact) mass is 406 g/mol. The van der Waals surface area contributed by atoms with Gasteiger partial charge in [0.25, 0.3) is 5.91 Å². The van der Waals surface area contributed by atoms with Crippen LogP contribution in [0.5, 0.6) is 5.75 Å². The summed E-state index contributed by atoms with van der Waals surface area (Å²) in [4.78, 5) is 17.2. The Morgan fingerprint density at radius 1 is 1.17 bits per heavy atom. The summed E-state index contributed by atoms with van der Waals surface area (Å²) in [5.41, 5.74) is 2.61. The SMILES string of the molecule is CCCCOc1ccc(CCNC(=O)c2cnn(-c3ccccn3)c2C(C)C)cc1. The van der Waals surface area contributed by atoms with Gasteiger partial charge >= 0.3 is 0 Å². The van der Waals surface area contributed by atoms with Crippen LogP contribution in [-0.2, 0) is 6.42 Å². The number of aromatic nitrogens is 3. The van der Waals surface area contributed by atoms with Gasteiger partial charge in [0.1, 0.15) is 5.75 Å². The third-order valence-electron chi connectivity index (χ3n) is 4.85. The van der Waals surface area contributed by atoms with Gasteiger partial charge in [0.05, 0.1) is 24.1 Å². The van der Waals surface area contributed by atoms with Crippen molar-refractivity contribution in [2.45, 2.75) is 46.0 Å². The van der Waals surface area contributed by atoms with E-state index in [9.17, 15) is 4.79 Å². The minimum Gasteiger partial charge on any atom is -0.494 e. The molecule has 0 saturated heterocycles. The minimum absolute atomic E-state index is 0.111. The maximum atomic E-state index is 12.8. The van der Waals surface area contributed by atoms with Crippen molar-refractivity contribution in [1.29, 1.82) is 0 Å². The molecule has 0 spiro atoms. The summed E-state index contributed by atoms with van der Waals surface area (Å²) < 4.78 is 7.44. The number of benzene rings is 1. The van der Waals surface area contributed by atoms with Gasteiger partial charge in [0, 0.05) is 12.7 Å². The molecular formula is C24H30N4O2. The molecule has 0 aliphatic heterocycles. The maximum Gasteiger partial charge on any atom is 0.254 e. The first-order valence-corrected chi connectivity index (χ1v) is 10.6. The molecule has 0 aliphatic rings. The van der Waals surface area contributed by atoms with E-state index in [-0.39, 0.29) is 11.8 Å². The molecule has 3 aromatic rings. The first kappa shape index (κ1) is 21.6. The molecule has 0 fully saturated rings. The number of nitrogens with zero attached hydrogens (tertiary/aromatic N) is 3. The molecule has 2 aromatic heterocycles. The van der Waals surface area contributed by atoms with Crippen LogP contribution in [0.3, 0.4) is 0 Å². The lowest BCUT2D eigenvalue weighted by Gasteiger charge is -2.12. The Bertz CT molecular complexity index is 934. The van der Waals surface area contributed by atoms with Crippen LogP contribution < -0.4 is 10.1 Å². The topological polar surface area (TPSA) is 69.0 Å². The molecule has 158 valence electrons. The van der Waals surface area contributed by atoms with Crippen LogP contribution in [0.25, 0.3) is 5.82 Å². The number of nitrogens with one attached hydrogen (secondary N) is 1. The lowest BCUT2D eigenvalue weighted by molar-refractivity contribution is 0.0952. The average Bonchev–Trinajstić information content (AvgIpc) is 3.21. The number of pyridine rings is 1. The van der Waals surface area contributed by atoms with Gasteiger partial charge in [-0.3, -0.25) is 4.79 Å². The van der Waals surface area contributed by atoms with E-state index < -0.39 is 0 Å². The molecule has 30 heavy (non-hydrogen) atoms. The molecule has 0 radical (unpaired) electrons. The lowest BCUT2D eigenvalue weighted by atomic mass is 10.1. The molecule has 0 bridgehead atoms. The highest BCUT2D eigenvalue weighted by Crippen LogP contribution is 2.22. The van der Waals surface area contributed by atoms with Crippen molar-refractivity contribution < 1.29 is 9.53 Å². The van der Waals surface area contributed by atoms with Gasteiger partial charge in [-0.2, -0.15) is 5.10 Å². The molecule has 0 unspecified atom stereocenters. The van der Waals surface area contributed by atoms with E-state index in [4.69, 9.17) is 4.74 Å². The summed E-state index contributed by atoms with van der Waals surface area (Å²) in [6, 6.07) is 13.7. The predicted octanol–water partition coefficient (Wildman–Crippen LogP) is 4.54. The van der Waals surface area contributed by atoms with Crippen molar-refractivity contribution in [3.05, 3.63) is 71.7 Å².